The van der Waals surface area contributed by atoms with Gasteiger partial charge in [0, 0.05) is 16.4 Å². The van der Waals surface area contributed by atoms with Crippen molar-refractivity contribution in [3.05, 3.63) is 23.8 Å². The second-order valence-electron chi connectivity index (χ2n) is 10.7. The van der Waals surface area contributed by atoms with Crippen LogP contribution in [-0.2, 0) is 14.4 Å². The molecule has 0 aliphatic heterocycles. The summed E-state index contributed by atoms with van der Waals surface area (Å²) in [5.74, 6) is 0.604. The van der Waals surface area contributed by atoms with Gasteiger partial charge >= 0.3 is 5.97 Å². The van der Waals surface area contributed by atoms with Crippen molar-refractivity contribution >= 4 is 5.97 Å². The first-order valence-corrected chi connectivity index (χ1v) is 11.0. The van der Waals surface area contributed by atoms with E-state index in [-0.39, 0.29) is 28.3 Å². The van der Waals surface area contributed by atoms with E-state index in [0.29, 0.717) is 17.4 Å². The lowest BCUT2D eigenvalue weighted by Gasteiger charge is -2.65. The minimum absolute atomic E-state index is 0.0746. The van der Waals surface area contributed by atoms with Gasteiger partial charge in [0.05, 0.1) is 0 Å². The Bertz CT molecular complexity index is 726. The van der Waals surface area contributed by atoms with Crippen LogP contribution in [0.4, 0.5) is 0 Å². The summed E-state index contributed by atoms with van der Waals surface area (Å²) in [6.07, 6.45) is 13.8. The van der Waals surface area contributed by atoms with Crippen LogP contribution in [0, 0.1) is 28.1 Å². The molecule has 0 aromatic heterocycles. The average molecular weight is 389 g/mol. The first-order chi connectivity index (χ1) is 13.2. The van der Waals surface area contributed by atoms with E-state index < -0.39 is 5.60 Å². The third-order valence-corrected chi connectivity index (χ3v) is 9.25. The topological polar surface area (TPSA) is 55.8 Å². The Morgan fingerprint density at radius 2 is 1.79 bits per heavy atom. The Balaban J connectivity index is 1.73. The van der Waals surface area contributed by atoms with Crippen LogP contribution < -0.4 is 0 Å². The Morgan fingerprint density at radius 3 is 2.46 bits per heavy atom. The van der Waals surface area contributed by atoms with Gasteiger partial charge < -0.3 is 4.74 Å². The van der Waals surface area contributed by atoms with Gasteiger partial charge in [-0.25, -0.2) is 9.68 Å². The lowest BCUT2D eigenvalue weighted by atomic mass is 9.41. The Kier molecular flexibility index (Phi) is 4.63. The third-order valence-electron chi connectivity index (χ3n) is 9.25. The fourth-order valence-corrected chi connectivity index (χ4v) is 7.69. The number of carbonyl (C=O) groups excluding carboxylic acids is 1. The monoisotopic (exact) mass is 388 g/mol. The molecule has 3 saturated carbocycles. The molecule has 28 heavy (non-hydrogen) atoms. The van der Waals surface area contributed by atoms with E-state index in [9.17, 15) is 10.1 Å². The van der Waals surface area contributed by atoms with Crippen molar-refractivity contribution < 1.29 is 19.7 Å². The number of rotatable bonds is 3. The summed E-state index contributed by atoms with van der Waals surface area (Å²) >= 11 is 0. The normalized spacial score (nSPS) is 50.1. The van der Waals surface area contributed by atoms with Gasteiger partial charge in [0.2, 0.25) is 0 Å². The average Bonchev–Trinajstić information content (AvgIpc) is 2.83. The molecule has 4 rings (SSSR count). The van der Waals surface area contributed by atoms with Crippen molar-refractivity contribution in [2.75, 3.05) is 0 Å². The van der Waals surface area contributed by atoms with Crippen LogP contribution in [0.3, 0.4) is 0 Å². The molecule has 4 heteroatoms. The van der Waals surface area contributed by atoms with Gasteiger partial charge in [-0.1, -0.05) is 32.1 Å². The molecule has 4 nitrogen and oxygen atoms in total. The summed E-state index contributed by atoms with van der Waals surface area (Å²) in [4.78, 5) is 17.8. The first kappa shape index (κ1) is 20.2. The van der Waals surface area contributed by atoms with Gasteiger partial charge in [-0.3, -0.25) is 5.26 Å². The number of hydrogen-bond donors (Lipinski definition) is 1. The lowest BCUT2D eigenvalue weighted by Crippen LogP contribution is -2.63. The minimum atomic E-state index is -0.467. The molecule has 0 heterocycles. The number of ether oxygens (including phenoxy) is 1. The third kappa shape index (κ3) is 2.53. The quantitative estimate of drug-likeness (QED) is 0.222. The van der Waals surface area contributed by atoms with Gasteiger partial charge in [0.15, 0.2) is 0 Å². The van der Waals surface area contributed by atoms with Gasteiger partial charge in [0.25, 0.3) is 0 Å². The lowest BCUT2D eigenvalue weighted by molar-refractivity contribution is -0.360. The molecule has 0 amide bonds. The van der Waals surface area contributed by atoms with Crippen molar-refractivity contribution in [2.45, 2.75) is 91.3 Å². The standard InChI is InChI=1S/C24H36O4/c1-6-16(2)19(25)27-20-21(3)12-8-18-22(4)10-7-11-23(5,28-26)17(22)9-13-24(18,20)15-14-21/h6,14-15,17-18,20,26H,7-13H2,1-5H3/b16-6+/t17-,18+,20+,21-,22-,23-,24-/m1/s1. The molecule has 2 bridgehead atoms. The second kappa shape index (κ2) is 6.43. The zero-order chi connectivity index (χ0) is 20.4. The van der Waals surface area contributed by atoms with Crippen molar-refractivity contribution in [1.82, 2.24) is 0 Å². The molecular formula is C24H36O4. The molecule has 7 atom stereocenters. The minimum Gasteiger partial charge on any atom is -0.457 e. The molecule has 0 radical (unpaired) electrons. The molecular weight excluding hydrogens is 352 g/mol. The zero-order valence-electron chi connectivity index (χ0n) is 18.1. The molecule has 1 N–H and O–H groups in total. The fraction of sp³-hybridized carbons (Fsp3) is 0.792. The van der Waals surface area contributed by atoms with Crippen LogP contribution in [0.5, 0.6) is 0 Å². The molecule has 4 aliphatic rings. The van der Waals surface area contributed by atoms with E-state index in [1.807, 2.05) is 19.9 Å². The van der Waals surface area contributed by atoms with Crippen LogP contribution in [0.1, 0.15) is 79.6 Å². The maximum atomic E-state index is 12.7. The fourth-order valence-electron chi connectivity index (χ4n) is 7.69. The number of carbonyl (C=O) groups is 1. The summed E-state index contributed by atoms with van der Waals surface area (Å²) in [5, 5.41) is 9.74. The summed E-state index contributed by atoms with van der Waals surface area (Å²) in [6.45, 7) is 10.5. The van der Waals surface area contributed by atoms with E-state index in [1.54, 1.807) is 0 Å². The van der Waals surface area contributed by atoms with Gasteiger partial charge in [-0.05, 0) is 83.0 Å². The first-order valence-electron chi connectivity index (χ1n) is 11.0. The van der Waals surface area contributed by atoms with Crippen molar-refractivity contribution in [1.29, 1.82) is 0 Å². The van der Waals surface area contributed by atoms with Crippen LogP contribution in [0.15, 0.2) is 23.8 Å². The highest BCUT2D eigenvalue weighted by Gasteiger charge is 2.69. The van der Waals surface area contributed by atoms with Gasteiger partial charge in [0.1, 0.15) is 11.7 Å². The highest BCUT2D eigenvalue weighted by molar-refractivity contribution is 5.87. The van der Waals surface area contributed by atoms with Gasteiger partial charge in [-0.2, -0.15) is 0 Å². The molecule has 3 fully saturated rings. The molecule has 156 valence electrons. The Morgan fingerprint density at radius 1 is 1.07 bits per heavy atom. The number of esters is 1. The molecule has 0 unspecified atom stereocenters. The van der Waals surface area contributed by atoms with E-state index in [2.05, 4.69) is 32.9 Å². The van der Waals surface area contributed by atoms with Gasteiger partial charge in [-0.15, -0.1) is 0 Å². The van der Waals surface area contributed by atoms with Crippen molar-refractivity contribution in [2.24, 2.45) is 28.1 Å². The molecule has 0 saturated heterocycles. The molecule has 0 aromatic carbocycles. The predicted molar refractivity (Wildman–Crippen MR) is 109 cm³/mol. The summed E-state index contributed by atoms with van der Waals surface area (Å²) in [5.41, 5.74) is 0.139. The van der Waals surface area contributed by atoms with Crippen LogP contribution in [0.2, 0.25) is 0 Å². The SMILES string of the molecule is C/C=C(\C)C(=O)O[C@@H]1[C@]23C=C[C@@]1(C)CC[C@H]2[C@]1(C)CCC[C@@](C)(OO)[C@@H]1CC3. The Labute approximate surface area is 169 Å². The maximum Gasteiger partial charge on any atom is 0.333 e. The summed E-state index contributed by atoms with van der Waals surface area (Å²) in [7, 11) is 0. The highest BCUT2D eigenvalue weighted by Crippen LogP contribution is 2.71. The predicted octanol–water partition coefficient (Wildman–Crippen LogP) is 5.69. The van der Waals surface area contributed by atoms with Crippen LogP contribution >= 0.6 is 0 Å². The number of allylic oxidation sites excluding steroid dienone is 1. The van der Waals surface area contributed by atoms with Crippen LogP contribution in [0.25, 0.3) is 0 Å². The summed E-state index contributed by atoms with van der Waals surface area (Å²) in [6, 6.07) is 0. The smallest absolute Gasteiger partial charge is 0.333 e. The van der Waals surface area contributed by atoms with Crippen molar-refractivity contribution in [3.63, 3.8) is 0 Å². The molecule has 4 aliphatic carbocycles. The Hall–Kier alpha value is -1.13. The number of fused-ring (bicyclic) bond motifs is 3. The second-order valence-corrected chi connectivity index (χ2v) is 10.7. The number of hydrogen-bond acceptors (Lipinski definition) is 4. The zero-order valence-corrected chi connectivity index (χ0v) is 18.1. The van der Waals surface area contributed by atoms with Crippen LogP contribution in [-0.4, -0.2) is 22.9 Å². The van der Waals surface area contributed by atoms with E-state index in [1.165, 1.54) is 0 Å². The molecule has 1 spiro atoms. The molecule has 0 aromatic rings. The largest absolute Gasteiger partial charge is 0.457 e. The van der Waals surface area contributed by atoms with Crippen molar-refractivity contribution in [3.8, 4) is 0 Å². The van der Waals surface area contributed by atoms with E-state index in [4.69, 9.17) is 9.62 Å². The van der Waals surface area contributed by atoms with E-state index in [0.717, 1.165) is 44.9 Å². The summed E-state index contributed by atoms with van der Waals surface area (Å²) < 4.78 is 6.25. The highest BCUT2D eigenvalue weighted by atomic mass is 17.1. The van der Waals surface area contributed by atoms with E-state index >= 15 is 0 Å². The maximum absolute atomic E-state index is 12.7.